The molecule has 0 radical (unpaired) electrons. The Labute approximate surface area is 153 Å². The predicted octanol–water partition coefficient (Wildman–Crippen LogP) is 3.22. The van der Waals surface area contributed by atoms with Gasteiger partial charge < -0.3 is 14.8 Å². The van der Waals surface area contributed by atoms with Crippen molar-refractivity contribution in [2.24, 2.45) is 0 Å². The molecule has 1 amide bonds. The van der Waals surface area contributed by atoms with Crippen LogP contribution < -0.4 is 14.8 Å². The molecule has 6 nitrogen and oxygen atoms in total. The Morgan fingerprint density at radius 1 is 1.32 bits per heavy atom. The number of carbonyl (C=O) groups excluding carboxylic acids is 1. The smallest absolute Gasteiger partial charge is 0.221 e. The van der Waals surface area contributed by atoms with Crippen LogP contribution in [0.25, 0.3) is 4.96 Å². The number of hydrogen-bond donors (Lipinski definition) is 1. The lowest BCUT2D eigenvalue weighted by molar-refractivity contribution is -0.121. The molecule has 3 aromatic rings. The molecule has 8 heteroatoms. The molecule has 25 heavy (non-hydrogen) atoms. The van der Waals surface area contributed by atoms with Crippen LogP contribution in [0.4, 0.5) is 0 Å². The van der Waals surface area contributed by atoms with Gasteiger partial charge >= 0.3 is 0 Å². The summed E-state index contributed by atoms with van der Waals surface area (Å²) in [5.41, 5.74) is 2.71. The van der Waals surface area contributed by atoms with Gasteiger partial charge in [-0.15, -0.1) is 11.3 Å². The molecule has 0 saturated heterocycles. The molecule has 0 aliphatic carbocycles. The van der Waals surface area contributed by atoms with E-state index in [4.69, 9.17) is 21.1 Å². The molecule has 0 spiro atoms. The van der Waals surface area contributed by atoms with Crippen LogP contribution in [0, 0.1) is 0 Å². The van der Waals surface area contributed by atoms with Crippen LogP contribution in [0.3, 0.4) is 0 Å². The van der Waals surface area contributed by atoms with Crippen LogP contribution in [-0.4, -0.2) is 29.5 Å². The average molecular weight is 378 g/mol. The van der Waals surface area contributed by atoms with Gasteiger partial charge in [0.1, 0.15) is 11.5 Å². The second-order valence-electron chi connectivity index (χ2n) is 5.76. The van der Waals surface area contributed by atoms with E-state index in [1.807, 2.05) is 22.0 Å². The number of rotatable bonds is 3. The third kappa shape index (κ3) is 2.63. The summed E-state index contributed by atoms with van der Waals surface area (Å²) >= 11 is 7.92. The van der Waals surface area contributed by atoms with Gasteiger partial charge in [0.2, 0.25) is 5.91 Å². The minimum atomic E-state index is -0.208. The second kappa shape index (κ2) is 6.24. The molecule has 0 saturated carbocycles. The van der Waals surface area contributed by atoms with Crippen LogP contribution in [0.2, 0.25) is 5.02 Å². The number of nitrogens with one attached hydrogen (secondary N) is 1. The van der Waals surface area contributed by atoms with Gasteiger partial charge in [-0.2, -0.15) is 0 Å². The SMILES string of the molecule is COc1cc(OC)c([C@H]2CC(=O)NCc3nc4sccn4c32)cc1Cl. The molecule has 1 aliphatic heterocycles. The molecule has 1 N–H and O–H groups in total. The Morgan fingerprint density at radius 3 is 2.88 bits per heavy atom. The Bertz CT molecular complexity index is 966. The highest BCUT2D eigenvalue weighted by molar-refractivity contribution is 7.15. The number of carbonyl (C=O) groups is 1. The van der Waals surface area contributed by atoms with E-state index in [9.17, 15) is 4.79 Å². The zero-order chi connectivity index (χ0) is 17.6. The lowest BCUT2D eigenvalue weighted by atomic mass is 9.90. The van der Waals surface area contributed by atoms with E-state index in [2.05, 4.69) is 10.3 Å². The van der Waals surface area contributed by atoms with Crippen molar-refractivity contribution in [3.05, 3.63) is 45.7 Å². The number of aromatic nitrogens is 2. The number of hydrogen-bond acceptors (Lipinski definition) is 5. The van der Waals surface area contributed by atoms with E-state index in [0.29, 0.717) is 29.5 Å². The second-order valence-corrected chi connectivity index (χ2v) is 7.04. The summed E-state index contributed by atoms with van der Waals surface area (Å²) < 4.78 is 12.9. The van der Waals surface area contributed by atoms with Crippen molar-refractivity contribution >= 4 is 33.8 Å². The lowest BCUT2D eigenvalue weighted by Crippen LogP contribution is -2.21. The van der Waals surface area contributed by atoms with E-state index >= 15 is 0 Å². The maximum atomic E-state index is 12.3. The van der Waals surface area contributed by atoms with E-state index in [0.717, 1.165) is 21.9 Å². The van der Waals surface area contributed by atoms with Gasteiger partial charge in [-0.3, -0.25) is 9.20 Å². The van der Waals surface area contributed by atoms with Crippen LogP contribution in [-0.2, 0) is 11.3 Å². The predicted molar refractivity (Wildman–Crippen MR) is 95.9 cm³/mol. The first-order valence-electron chi connectivity index (χ1n) is 7.74. The van der Waals surface area contributed by atoms with Gasteiger partial charge in [0.05, 0.1) is 37.2 Å². The summed E-state index contributed by atoms with van der Waals surface area (Å²) in [5.74, 6) is 0.938. The molecule has 0 fully saturated rings. The standard InChI is InChI=1S/C17H16ClN3O3S/c1-23-13-7-14(24-2)11(18)5-9(13)10-6-15(22)19-8-12-16(10)21-3-4-25-17(21)20-12/h3-5,7,10H,6,8H2,1-2H3,(H,19,22)/t10-/m1/s1. The zero-order valence-electron chi connectivity index (χ0n) is 13.7. The number of imidazole rings is 1. The molecule has 1 atom stereocenters. The molecule has 1 aromatic carbocycles. The zero-order valence-corrected chi connectivity index (χ0v) is 15.3. The summed E-state index contributed by atoms with van der Waals surface area (Å²) in [6.07, 6.45) is 2.28. The fourth-order valence-electron chi connectivity index (χ4n) is 3.30. The quantitative estimate of drug-likeness (QED) is 0.761. The fourth-order valence-corrected chi connectivity index (χ4v) is 4.29. The molecule has 0 bridgehead atoms. The summed E-state index contributed by atoms with van der Waals surface area (Å²) in [4.78, 5) is 17.8. The number of halogens is 1. The highest BCUT2D eigenvalue weighted by Gasteiger charge is 2.31. The van der Waals surface area contributed by atoms with Crippen LogP contribution in [0.15, 0.2) is 23.7 Å². The first kappa shape index (κ1) is 16.2. The molecule has 3 heterocycles. The van der Waals surface area contributed by atoms with Gasteiger partial charge in [0, 0.05) is 35.5 Å². The molecule has 2 aromatic heterocycles. The topological polar surface area (TPSA) is 64.9 Å². The first-order chi connectivity index (χ1) is 12.1. The Morgan fingerprint density at radius 2 is 2.12 bits per heavy atom. The van der Waals surface area contributed by atoms with Gasteiger partial charge in [-0.25, -0.2) is 4.98 Å². The van der Waals surface area contributed by atoms with Crippen LogP contribution in [0.1, 0.15) is 29.3 Å². The van der Waals surface area contributed by atoms with Crippen molar-refractivity contribution < 1.29 is 14.3 Å². The van der Waals surface area contributed by atoms with Gasteiger partial charge in [0.15, 0.2) is 4.96 Å². The number of nitrogens with zero attached hydrogens (tertiary/aromatic N) is 2. The largest absolute Gasteiger partial charge is 0.496 e. The molecule has 0 unspecified atom stereocenters. The highest BCUT2D eigenvalue weighted by Crippen LogP contribution is 2.42. The van der Waals surface area contributed by atoms with Crippen LogP contribution >= 0.6 is 22.9 Å². The van der Waals surface area contributed by atoms with Crippen LogP contribution in [0.5, 0.6) is 11.5 Å². The number of benzene rings is 1. The number of methoxy groups -OCH3 is 2. The molecule has 1 aliphatic rings. The number of thiazole rings is 1. The van der Waals surface area contributed by atoms with Gasteiger partial charge in [0.25, 0.3) is 0 Å². The molecule has 130 valence electrons. The van der Waals surface area contributed by atoms with Gasteiger partial charge in [-0.05, 0) is 6.07 Å². The molecular formula is C17H16ClN3O3S. The van der Waals surface area contributed by atoms with Crippen molar-refractivity contribution in [1.29, 1.82) is 0 Å². The van der Waals surface area contributed by atoms with Gasteiger partial charge in [-0.1, -0.05) is 11.6 Å². The normalized spacial score (nSPS) is 17.1. The van der Waals surface area contributed by atoms with E-state index in [-0.39, 0.29) is 11.8 Å². The Balaban J connectivity index is 1.95. The maximum absolute atomic E-state index is 12.3. The lowest BCUT2D eigenvalue weighted by Gasteiger charge is -2.19. The third-order valence-electron chi connectivity index (χ3n) is 4.43. The van der Waals surface area contributed by atoms with E-state index < -0.39 is 0 Å². The maximum Gasteiger partial charge on any atom is 0.221 e. The Kier molecular flexibility index (Phi) is 4.05. The first-order valence-corrected chi connectivity index (χ1v) is 9.00. The van der Waals surface area contributed by atoms with E-state index in [1.54, 1.807) is 31.6 Å². The summed E-state index contributed by atoms with van der Waals surface area (Å²) in [7, 11) is 3.16. The third-order valence-corrected chi connectivity index (χ3v) is 5.48. The van der Waals surface area contributed by atoms with Crippen molar-refractivity contribution in [2.45, 2.75) is 18.9 Å². The van der Waals surface area contributed by atoms with Crippen molar-refractivity contribution in [1.82, 2.24) is 14.7 Å². The molecular weight excluding hydrogens is 362 g/mol. The summed E-state index contributed by atoms with van der Waals surface area (Å²) in [6, 6.07) is 3.57. The summed E-state index contributed by atoms with van der Waals surface area (Å²) in [5, 5.41) is 5.38. The number of ether oxygens (including phenoxy) is 2. The monoisotopic (exact) mass is 377 g/mol. The molecule has 4 rings (SSSR count). The van der Waals surface area contributed by atoms with Crippen molar-refractivity contribution in [3.63, 3.8) is 0 Å². The fraction of sp³-hybridized carbons (Fsp3) is 0.294. The highest BCUT2D eigenvalue weighted by atomic mass is 35.5. The number of amides is 1. The summed E-state index contributed by atoms with van der Waals surface area (Å²) in [6.45, 7) is 0.422. The van der Waals surface area contributed by atoms with Crippen molar-refractivity contribution in [2.75, 3.05) is 14.2 Å². The minimum Gasteiger partial charge on any atom is -0.496 e. The number of fused-ring (bicyclic) bond motifs is 3. The average Bonchev–Trinajstić information content (AvgIpc) is 3.14. The van der Waals surface area contributed by atoms with E-state index in [1.165, 1.54) is 0 Å². The minimum absolute atomic E-state index is 0.0269. The Hall–Kier alpha value is -2.25. The van der Waals surface area contributed by atoms with Crippen molar-refractivity contribution in [3.8, 4) is 11.5 Å².